The number of rotatable bonds is 5. The second kappa shape index (κ2) is 6.13. The summed E-state index contributed by atoms with van der Waals surface area (Å²) in [5, 5.41) is 0. The molecule has 0 fully saturated rings. The molecule has 0 aliphatic rings. The molecule has 0 bridgehead atoms. The number of aryl methyl sites for hydroxylation is 1. The molecule has 7 heteroatoms. The van der Waals surface area contributed by atoms with E-state index in [1.165, 1.54) is 10.9 Å². The quantitative estimate of drug-likeness (QED) is 0.829. The number of hydrogen-bond acceptors (Lipinski definition) is 4. The molecule has 2 aromatic rings. The summed E-state index contributed by atoms with van der Waals surface area (Å²) < 4.78 is 40.1. The Morgan fingerprint density at radius 3 is 2.62 bits per heavy atom. The molecule has 3 N–H and O–H groups in total. The monoisotopic (exact) mass is 328 g/mol. The van der Waals surface area contributed by atoms with Crippen LogP contribution in [0.5, 0.6) is 0 Å². The van der Waals surface area contributed by atoms with E-state index in [1.54, 1.807) is 18.3 Å². The fourth-order valence-electron chi connectivity index (χ4n) is 2.03. The highest BCUT2D eigenvalue weighted by atomic mass is 32.2. The van der Waals surface area contributed by atoms with Gasteiger partial charge in [0.05, 0.1) is 5.69 Å². The van der Waals surface area contributed by atoms with Crippen molar-refractivity contribution in [1.82, 2.24) is 4.72 Å². The third-order valence-corrected chi connectivity index (χ3v) is 5.61. The molecule has 1 aromatic heterocycles. The predicted molar refractivity (Wildman–Crippen MR) is 83.4 cm³/mol. The molecule has 21 heavy (non-hydrogen) atoms. The van der Waals surface area contributed by atoms with Crippen molar-refractivity contribution in [3.63, 3.8) is 0 Å². The molecular weight excluding hydrogens is 311 g/mol. The normalized spacial score (nSPS) is 13.3. The van der Waals surface area contributed by atoms with Crippen LogP contribution in [0.1, 0.15) is 16.7 Å². The molecule has 0 aliphatic heterocycles. The highest BCUT2D eigenvalue weighted by Crippen LogP contribution is 2.21. The van der Waals surface area contributed by atoms with Gasteiger partial charge in [-0.25, -0.2) is 17.5 Å². The molecule has 1 aromatic carbocycles. The summed E-state index contributed by atoms with van der Waals surface area (Å²) >= 11 is 1.63. The van der Waals surface area contributed by atoms with E-state index < -0.39 is 15.8 Å². The molecule has 0 aliphatic carbocycles. The Morgan fingerprint density at radius 1 is 1.33 bits per heavy atom. The molecule has 4 nitrogen and oxygen atoms in total. The molecule has 1 unspecified atom stereocenters. The number of benzene rings is 1. The van der Waals surface area contributed by atoms with Crippen molar-refractivity contribution < 1.29 is 12.8 Å². The molecule has 0 amide bonds. The lowest BCUT2D eigenvalue weighted by Crippen LogP contribution is -2.34. The summed E-state index contributed by atoms with van der Waals surface area (Å²) in [7, 11) is -3.76. The van der Waals surface area contributed by atoms with E-state index in [2.05, 4.69) is 4.72 Å². The molecule has 114 valence electrons. The van der Waals surface area contributed by atoms with Crippen molar-refractivity contribution in [2.45, 2.75) is 31.2 Å². The minimum atomic E-state index is -3.76. The number of sulfonamides is 1. The van der Waals surface area contributed by atoms with Gasteiger partial charge < -0.3 is 5.73 Å². The molecule has 1 atom stereocenters. The molecule has 2 rings (SSSR count). The van der Waals surface area contributed by atoms with Gasteiger partial charge in [0.1, 0.15) is 10.7 Å². The Morgan fingerprint density at radius 2 is 2.05 bits per heavy atom. The number of anilines is 1. The smallest absolute Gasteiger partial charge is 0.242 e. The second-order valence-electron chi connectivity index (χ2n) is 4.92. The van der Waals surface area contributed by atoms with Gasteiger partial charge in [0.2, 0.25) is 10.0 Å². The van der Waals surface area contributed by atoms with Crippen LogP contribution in [0.4, 0.5) is 10.1 Å². The van der Waals surface area contributed by atoms with E-state index in [0.717, 1.165) is 17.0 Å². The van der Waals surface area contributed by atoms with Crippen LogP contribution in [-0.4, -0.2) is 14.5 Å². The zero-order valence-corrected chi connectivity index (χ0v) is 13.4. The first-order valence-electron chi connectivity index (χ1n) is 6.40. The van der Waals surface area contributed by atoms with Crippen LogP contribution in [-0.2, 0) is 16.4 Å². The largest absolute Gasteiger partial charge is 0.398 e. The number of nitrogens with two attached hydrogens (primary N) is 1. The summed E-state index contributed by atoms with van der Waals surface area (Å²) in [5.41, 5.74) is 5.49. The van der Waals surface area contributed by atoms with Gasteiger partial charge in [-0.05, 0) is 50.6 Å². The van der Waals surface area contributed by atoms with Crippen molar-refractivity contribution >= 4 is 27.0 Å². The fourth-order valence-corrected chi connectivity index (χ4v) is 4.41. The molecule has 1 heterocycles. The van der Waals surface area contributed by atoms with Crippen LogP contribution in [0.2, 0.25) is 0 Å². The third-order valence-electron chi connectivity index (χ3n) is 2.92. The second-order valence-corrected chi connectivity index (χ2v) is 7.98. The van der Waals surface area contributed by atoms with E-state index in [4.69, 9.17) is 5.73 Å². The number of hydrogen-bond donors (Lipinski definition) is 2. The summed E-state index contributed by atoms with van der Waals surface area (Å²) in [4.78, 5) is 2.19. The fraction of sp³-hybridized carbons (Fsp3) is 0.286. The number of nitrogen functional groups attached to an aromatic ring is 1. The standard InChI is InChI=1S/C14H17FN2O2S2/c1-9(7-12-5-3-10(2)20-12)17-21(18,19)14-6-4-11(15)8-13(14)16/h3-6,8-9,17H,7,16H2,1-2H3. The summed E-state index contributed by atoms with van der Waals surface area (Å²) in [5.74, 6) is -0.562. The van der Waals surface area contributed by atoms with Crippen LogP contribution in [0.25, 0.3) is 0 Å². The average molecular weight is 328 g/mol. The zero-order chi connectivity index (χ0) is 15.6. The number of halogens is 1. The van der Waals surface area contributed by atoms with Gasteiger partial charge >= 0.3 is 0 Å². The van der Waals surface area contributed by atoms with Gasteiger partial charge in [-0.15, -0.1) is 11.3 Å². The van der Waals surface area contributed by atoms with Gasteiger partial charge in [-0.2, -0.15) is 0 Å². The molecule has 0 saturated heterocycles. The maximum Gasteiger partial charge on any atom is 0.242 e. The van der Waals surface area contributed by atoms with Crippen LogP contribution in [0.3, 0.4) is 0 Å². The van der Waals surface area contributed by atoms with E-state index >= 15 is 0 Å². The maximum absolute atomic E-state index is 13.0. The number of nitrogens with one attached hydrogen (secondary N) is 1. The van der Waals surface area contributed by atoms with Crippen molar-refractivity contribution in [2.24, 2.45) is 0 Å². The van der Waals surface area contributed by atoms with Crippen LogP contribution in [0, 0.1) is 12.7 Å². The van der Waals surface area contributed by atoms with E-state index in [0.29, 0.717) is 6.42 Å². The van der Waals surface area contributed by atoms with E-state index in [1.807, 2.05) is 19.1 Å². The van der Waals surface area contributed by atoms with Crippen LogP contribution >= 0.6 is 11.3 Å². The van der Waals surface area contributed by atoms with Gasteiger partial charge in [-0.1, -0.05) is 0 Å². The predicted octanol–water partition coefficient (Wildman–Crippen LogP) is 2.69. The Kier molecular flexibility index (Phi) is 4.65. The third kappa shape index (κ3) is 4.03. The Labute approximate surface area is 127 Å². The highest BCUT2D eigenvalue weighted by Gasteiger charge is 2.20. The Hall–Kier alpha value is -1.44. The van der Waals surface area contributed by atoms with Gasteiger partial charge in [0.15, 0.2) is 0 Å². The van der Waals surface area contributed by atoms with Crippen molar-refractivity contribution in [1.29, 1.82) is 0 Å². The molecule has 0 saturated carbocycles. The Bertz CT molecular complexity index is 741. The van der Waals surface area contributed by atoms with E-state index in [-0.39, 0.29) is 16.6 Å². The SMILES string of the molecule is Cc1ccc(CC(C)NS(=O)(=O)c2ccc(F)cc2N)s1. The lowest BCUT2D eigenvalue weighted by atomic mass is 10.2. The first-order valence-corrected chi connectivity index (χ1v) is 8.70. The molecule has 0 spiro atoms. The summed E-state index contributed by atoms with van der Waals surface area (Å²) in [6.07, 6.45) is 0.596. The minimum Gasteiger partial charge on any atom is -0.398 e. The molecular formula is C14H17FN2O2S2. The first-order chi connectivity index (χ1) is 9.78. The maximum atomic E-state index is 13.0. The Balaban J connectivity index is 2.13. The number of thiophene rings is 1. The first kappa shape index (κ1) is 15.9. The van der Waals surface area contributed by atoms with Crippen molar-refractivity contribution in [3.05, 3.63) is 45.9 Å². The van der Waals surface area contributed by atoms with Crippen molar-refractivity contribution in [2.75, 3.05) is 5.73 Å². The van der Waals surface area contributed by atoms with Gasteiger partial charge in [-0.3, -0.25) is 0 Å². The van der Waals surface area contributed by atoms with Crippen molar-refractivity contribution in [3.8, 4) is 0 Å². The highest BCUT2D eigenvalue weighted by molar-refractivity contribution is 7.89. The van der Waals surface area contributed by atoms with Crippen LogP contribution < -0.4 is 10.5 Å². The summed E-state index contributed by atoms with van der Waals surface area (Å²) in [6, 6.07) is 6.96. The lowest BCUT2D eigenvalue weighted by Gasteiger charge is -2.14. The topological polar surface area (TPSA) is 72.2 Å². The lowest BCUT2D eigenvalue weighted by molar-refractivity contribution is 0.560. The molecule has 0 radical (unpaired) electrons. The van der Waals surface area contributed by atoms with Crippen LogP contribution in [0.15, 0.2) is 35.2 Å². The van der Waals surface area contributed by atoms with Gasteiger partial charge in [0, 0.05) is 15.8 Å². The van der Waals surface area contributed by atoms with Gasteiger partial charge in [0.25, 0.3) is 0 Å². The summed E-state index contributed by atoms with van der Waals surface area (Å²) in [6.45, 7) is 3.79. The van der Waals surface area contributed by atoms with E-state index in [9.17, 15) is 12.8 Å². The average Bonchev–Trinajstić information content (AvgIpc) is 2.72. The minimum absolute atomic E-state index is 0.0957. The zero-order valence-electron chi connectivity index (χ0n) is 11.8.